The molecule has 0 saturated carbocycles. The van der Waals surface area contributed by atoms with E-state index in [0.29, 0.717) is 18.3 Å². The molecule has 5 rings (SSSR count). The Hall–Kier alpha value is -3.23. The molecule has 4 aromatic rings. The Kier molecular flexibility index (Phi) is 5.17. The van der Waals surface area contributed by atoms with Gasteiger partial charge >= 0.3 is 0 Å². The third-order valence-corrected chi connectivity index (χ3v) is 6.20. The van der Waals surface area contributed by atoms with Crippen LogP contribution in [0.5, 0.6) is 11.5 Å². The van der Waals surface area contributed by atoms with Crippen molar-refractivity contribution in [2.24, 2.45) is 0 Å². The second-order valence-electron chi connectivity index (χ2n) is 6.63. The van der Waals surface area contributed by atoms with Gasteiger partial charge in [-0.15, -0.1) is 22.7 Å². The van der Waals surface area contributed by atoms with E-state index in [1.165, 1.54) is 22.7 Å². The van der Waals surface area contributed by atoms with Crippen LogP contribution >= 0.6 is 22.7 Å². The first-order chi connectivity index (χ1) is 14.7. The molecule has 6 nitrogen and oxygen atoms in total. The summed E-state index contributed by atoms with van der Waals surface area (Å²) in [6.07, 6.45) is 0.211. The average Bonchev–Trinajstić information content (AvgIpc) is 3.44. The van der Waals surface area contributed by atoms with Gasteiger partial charge in [0.1, 0.15) is 18.2 Å². The molecule has 1 N–H and O–H groups in total. The fraction of sp³-hybridized carbons (Fsp3) is 0.136. The summed E-state index contributed by atoms with van der Waals surface area (Å²) in [5.74, 6) is 1.32. The van der Waals surface area contributed by atoms with Crippen molar-refractivity contribution in [1.29, 1.82) is 0 Å². The van der Waals surface area contributed by atoms with Gasteiger partial charge in [0.25, 0.3) is 0 Å². The lowest BCUT2D eigenvalue weighted by atomic mass is 10.1. The summed E-state index contributed by atoms with van der Waals surface area (Å²) < 4.78 is 11.2. The summed E-state index contributed by atoms with van der Waals surface area (Å²) in [6.45, 7) is 1.10. The van der Waals surface area contributed by atoms with E-state index in [4.69, 9.17) is 9.47 Å². The standard InChI is InChI=1S/C22H17N3O3S2/c26-20(11-16-12-29-21(23-16)14-4-2-1-3-5-14)25-22-24-17(13-30-22)15-6-7-18-19(10-15)28-9-8-27-18/h1-7,10,12-13H,8-9,11H2,(H,24,25,26). The van der Waals surface area contributed by atoms with Crippen molar-refractivity contribution >= 4 is 33.7 Å². The molecule has 1 aliphatic heterocycles. The highest BCUT2D eigenvalue weighted by Gasteiger charge is 2.15. The molecular weight excluding hydrogens is 418 g/mol. The molecular formula is C22H17N3O3S2. The predicted molar refractivity (Wildman–Crippen MR) is 118 cm³/mol. The summed E-state index contributed by atoms with van der Waals surface area (Å²) in [5.41, 5.74) is 3.51. The Labute approximate surface area is 181 Å². The summed E-state index contributed by atoms with van der Waals surface area (Å²) in [4.78, 5) is 21.6. The molecule has 0 saturated heterocycles. The van der Waals surface area contributed by atoms with Gasteiger partial charge in [0.2, 0.25) is 5.91 Å². The van der Waals surface area contributed by atoms with Crippen LogP contribution in [0.25, 0.3) is 21.8 Å². The number of thiazole rings is 2. The molecule has 0 spiro atoms. The predicted octanol–water partition coefficient (Wildman–Crippen LogP) is 4.89. The molecule has 30 heavy (non-hydrogen) atoms. The Balaban J connectivity index is 1.24. The normalized spacial score (nSPS) is 12.5. The highest BCUT2D eigenvalue weighted by atomic mass is 32.1. The van der Waals surface area contributed by atoms with Crippen LogP contribution < -0.4 is 14.8 Å². The number of nitrogens with zero attached hydrogens (tertiary/aromatic N) is 2. The lowest BCUT2D eigenvalue weighted by molar-refractivity contribution is -0.115. The minimum Gasteiger partial charge on any atom is -0.486 e. The Morgan fingerprint density at radius 3 is 2.63 bits per heavy atom. The molecule has 0 bridgehead atoms. The summed E-state index contributed by atoms with van der Waals surface area (Å²) in [6, 6.07) is 15.7. The van der Waals surface area contributed by atoms with E-state index in [1.807, 2.05) is 59.3 Å². The lowest BCUT2D eigenvalue weighted by Gasteiger charge is -2.18. The third-order valence-electron chi connectivity index (χ3n) is 4.50. The lowest BCUT2D eigenvalue weighted by Crippen LogP contribution is -2.15. The van der Waals surface area contributed by atoms with Crippen LogP contribution in [-0.4, -0.2) is 29.1 Å². The van der Waals surface area contributed by atoms with E-state index in [0.717, 1.165) is 39.0 Å². The van der Waals surface area contributed by atoms with Gasteiger partial charge in [-0.3, -0.25) is 4.79 Å². The maximum Gasteiger partial charge on any atom is 0.232 e. The number of anilines is 1. The van der Waals surface area contributed by atoms with Gasteiger partial charge < -0.3 is 14.8 Å². The van der Waals surface area contributed by atoms with Gasteiger partial charge in [0.05, 0.1) is 17.8 Å². The zero-order valence-corrected chi connectivity index (χ0v) is 17.5. The van der Waals surface area contributed by atoms with Crippen LogP contribution in [0.15, 0.2) is 59.3 Å². The fourth-order valence-corrected chi connectivity index (χ4v) is 4.66. The summed E-state index contributed by atoms with van der Waals surface area (Å²) >= 11 is 2.93. The molecule has 3 heterocycles. The van der Waals surface area contributed by atoms with Gasteiger partial charge in [-0.2, -0.15) is 0 Å². The van der Waals surface area contributed by atoms with Crippen LogP contribution in [0.4, 0.5) is 5.13 Å². The van der Waals surface area contributed by atoms with Crippen molar-refractivity contribution in [3.63, 3.8) is 0 Å². The van der Waals surface area contributed by atoms with Gasteiger partial charge in [-0.05, 0) is 18.2 Å². The van der Waals surface area contributed by atoms with Crippen molar-refractivity contribution in [2.75, 3.05) is 18.5 Å². The number of amides is 1. The molecule has 150 valence electrons. The van der Waals surface area contributed by atoms with Gasteiger partial charge in [-0.1, -0.05) is 30.3 Å². The van der Waals surface area contributed by atoms with E-state index < -0.39 is 0 Å². The highest BCUT2D eigenvalue weighted by molar-refractivity contribution is 7.14. The zero-order valence-electron chi connectivity index (χ0n) is 15.8. The molecule has 8 heteroatoms. The number of hydrogen-bond acceptors (Lipinski definition) is 7. The highest BCUT2D eigenvalue weighted by Crippen LogP contribution is 2.35. The Bertz CT molecular complexity index is 1190. The molecule has 0 fully saturated rings. The largest absolute Gasteiger partial charge is 0.486 e. The molecule has 0 aliphatic carbocycles. The number of carbonyl (C=O) groups is 1. The van der Waals surface area contributed by atoms with Crippen molar-refractivity contribution < 1.29 is 14.3 Å². The molecule has 2 aromatic carbocycles. The number of fused-ring (bicyclic) bond motifs is 1. The van der Waals surface area contributed by atoms with E-state index in [-0.39, 0.29) is 12.3 Å². The van der Waals surface area contributed by atoms with Gasteiger partial charge in [0.15, 0.2) is 16.6 Å². The minimum absolute atomic E-state index is 0.136. The number of hydrogen-bond donors (Lipinski definition) is 1. The zero-order chi connectivity index (χ0) is 20.3. The number of carbonyl (C=O) groups excluding carboxylic acids is 1. The number of rotatable bonds is 5. The van der Waals surface area contributed by atoms with Crippen molar-refractivity contribution in [3.05, 3.63) is 65.0 Å². The van der Waals surface area contributed by atoms with Gasteiger partial charge in [0, 0.05) is 21.9 Å². The second kappa shape index (κ2) is 8.25. The molecule has 0 radical (unpaired) electrons. The molecule has 0 atom stereocenters. The fourth-order valence-electron chi connectivity index (χ4n) is 3.10. The maximum absolute atomic E-state index is 12.4. The van der Waals surface area contributed by atoms with Crippen molar-refractivity contribution in [1.82, 2.24) is 9.97 Å². The third kappa shape index (κ3) is 4.05. The Morgan fingerprint density at radius 1 is 0.933 bits per heavy atom. The van der Waals surface area contributed by atoms with Gasteiger partial charge in [-0.25, -0.2) is 9.97 Å². The molecule has 0 unspecified atom stereocenters. The quantitative estimate of drug-likeness (QED) is 0.483. The van der Waals surface area contributed by atoms with E-state index in [9.17, 15) is 4.79 Å². The van der Waals surface area contributed by atoms with E-state index in [2.05, 4.69) is 15.3 Å². The number of aromatic nitrogens is 2. The number of ether oxygens (including phenoxy) is 2. The SMILES string of the molecule is O=C(Cc1csc(-c2ccccc2)n1)Nc1nc(-c2ccc3c(c2)OCCO3)cs1. The van der Waals surface area contributed by atoms with Crippen LogP contribution in [0.3, 0.4) is 0 Å². The number of nitrogens with one attached hydrogen (secondary N) is 1. The second-order valence-corrected chi connectivity index (χ2v) is 8.35. The average molecular weight is 436 g/mol. The molecule has 2 aromatic heterocycles. The molecule has 1 aliphatic rings. The summed E-state index contributed by atoms with van der Waals surface area (Å²) in [5, 5.41) is 8.17. The monoisotopic (exact) mass is 435 g/mol. The Morgan fingerprint density at radius 2 is 1.77 bits per heavy atom. The smallest absolute Gasteiger partial charge is 0.232 e. The first-order valence-electron chi connectivity index (χ1n) is 9.40. The van der Waals surface area contributed by atoms with E-state index >= 15 is 0 Å². The van der Waals surface area contributed by atoms with Crippen molar-refractivity contribution in [3.8, 4) is 33.3 Å². The van der Waals surface area contributed by atoms with Crippen LogP contribution in [0.1, 0.15) is 5.69 Å². The number of benzene rings is 2. The van der Waals surface area contributed by atoms with Crippen LogP contribution in [0.2, 0.25) is 0 Å². The maximum atomic E-state index is 12.4. The minimum atomic E-state index is -0.136. The molecule has 1 amide bonds. The topological polar surface area (TPSA) is 73.3 Å². The first kappa shape index (κ1) is 18.8. The summed E-state index contributed by atoms with van der Waals surface area (Å²) in [7, 11) is 0. The van der Waals surface area contributed by atoms with Crippen molar-refractivity contribution in [2.45, 2.75) is 6.42 Å². The van der Waals surface area contributed by atoms with Crippen LogP contribution in [-0.2, 0) is 11.2 Å². The van der Waals surface area contributed by atoms with Crippen LogP contribution in [0, 0.1) is 0 Å². The first-order valence-corrected chi connectivity index (χ1v) is 11.2. The van der Waals surface area contributed by atoms with E-state index in [1.54, 1.807) is 0 Å².